The molecule has 1 aliphatic rings. The zero-order valence-corrected chi connectivity index (χ0v) is 14.4. The van der Waals surface area contributed by atoms with Crippen LogP contribution >= 0.6 is 0 Å². The van der Waals surface area contributed by atoms with Crippen molar-refractivity contribution in [1.29, 1.82) is 0 Å². The largest absolute Gasteiger partial charge is 0.438 e. The first-order chi connectivity index (χ1) is 12.0. The maximum absolute atomic E-state index is 14.0. The van der Waals surface area contributed by atoms with E-state index in [1.54, 1.807) is 24.1 Å². The molecule has 0 unspecified atom stereocenters. The Hall–Kier alpha value is -2.71. The lowest BCUT2D eigenvalue weighted by Crippen LogP contribution is -2.40. The third-order valence-electron chi connectivity index (χ3n) is 4.14. The second-order valence-corrected chi connectivity index (χ2v) is 6.23. The molecule has 8 nitrogen and oxygen atoms in total. The molecule has 2 aromatic rings. The summed E-state index contributed by atoms with van der Waals surface area (Å²) >= 11 is 0. The van der Waals surface area contributed by atoms with Crippen LogP contribution in [0.5, 0.6) is 0 Å². The molecule has 1 saturated heterocycles. The third-order valence-corrected chi connectivity index (χ3v) is 4.14. The van der Waals surface area contributed by atoms with Gasteiger partial charge in [-0.2, -0.15) is 4.98 Å². The molecule has 2 aromatic heterocycles. The Morgan fingerprint density at radius 2 is 2.28 bits per heavy atom. The van der Waals surface area contributed by atoms with Crippen LogP contribution in [0.3, 0.4) is 0 Å². The highest BCUT2D eigenvalue weighted by molar-refractivity contribution is 5.92. The van der Waals surface area contributed by atoms with Crippen LogP contribution in [0.1, 0.15) is 22.7 Å². The predicted octanol–water partition coefficient (Wildman–Crippen LogP) is 1.19. The highest BCUT2D eigenvalue weighted by Crippen LogP contribution is 2.26. The van der Waals surface area contributed by atoms with Crippen molar-refractivity contribution in [2.24, 2.45) is 0 Å². The zero-order valence-electron chi connectivity index (χ0n) is 14.4. The first kappa shape index (κ1) is 17.1. The number of hydrogen-bond acceptors (Lipinski definition) is 7. The summed E-state index contributed by atoms with van der Waals surface area (Å²) in [6, 6.07) is 1.56. The zero-order chi connectivity index (χ0) is 18.0. The monoisotopic (exact) mass is 348 g/mol. The number of alkyl halides is 1. The lowest BCUT2D eigenvalue weighted by Gasteiger charge is -2.26. The van der Waals surface area contributed by atoms with Crippen molar-refractivity contribution in [3.63, 3.8) is 0 Å². The van der Waals surface area contributed by atoms with Crippen LogP contribution in [0.4, 0.5) is 16.2 Å². The Balaban J connectivity index is 1.71. The molecule has 0 radical (unpaired) electrons. The lowest BCUT2D eigenvalue weighted by molar-refractivity contribution is 0.0922. The molecule has 3 rings (SSSR count). The number of nitrogens with one attached hydrogen (secondary N) is 1. The van der Waals surface area contributed by atoms with Crippen LogP contribution in [0.15, 0.2) is 23.1 Å². The van der Waals surface area contributed by atoms with Crippen LogP contribution in [0.25, 0.3) is 0 Å². The van der Waals surface area contributed by atoms with E-state index in [2.05, 4.69) is 20.3 Å². The van der Waals surface area contributed by atoms with E-state index in [9.17, 15) is 9.18 Å². The second-order valence-electron chi connectivity index (χ2n) is 6.23. The number of oxazole rings is 1. The maximum atomic E-state index is 14.0. The highest BCUT2D eigenvalue weighted by atomic mass is 19.1. The van der Waals surface area contributed by atoms with Crippen molar-refractivity contribution in [2.75, 3.05) is 37.0 Å². The van der Waals surface area contributed by atoms with Gasteiger partial charge in [-0.15, -0.1) is 0 Å². The average molecular weight is 348 g/mol. The van der Waals surface area contributed by atoms with Crippen LogP contribution < -0.4 is 15.1 Å². The number of amides is 1. The maximum Gasteiger partial charge on any atom is 0.289 e. The van der Waals surface area contributed by atoms with Gasteiger partial charge < -0.3 is 19.5 Å². The molecule has 3 heterocycles. The standard InChI is InChI=1S/C16H21FN6O2/c1-10-14(25-9-20-10)15(24)19-7-12-6-11(17)8-23(12)13-4-5-18-16(21-13)22(2)3/h4-5,9,11-12H,6-8H2,1-3H3,(H,19,24)/t11-,12-/m0/s1. The third kappa shape index (κ3) is 3.70. The molecular formula is C16H21FN6O2. The summed E-state index contributed by atoms with van der Waals surface area (Å²) < 4.78 is 19.1. The minimum Gasteiger partial charge on any atom is -0.438 e. The van der Waals surface area contributed by atoms with Crippen LogP contribution in [-0.2, 0) is 0 Å². The quantitative estimate of drug-likeness (QED) is 0.868. The molecule has 1 N–H and O–H groups in total. The number of anilines is 2. The van der Waals surface area contributed by atoms with E-state index < -0.39 is 6.17 Å². The number of halogens is 1. The van der Waals surface area contributed by atoms with E-state index in [1.165, 1.54) is 6.39 Å². The Bertz CT molecular complexity index is 750. The first-order valence-corrected chi connectivity index (χ1v) is 8.05. The van der Waals surface area contributed by atoms with Gasteiger partial charge in [-0.05, 0) is 13.0 Å². The van der Waals surface area contributed by atoms with Gasteiger partial charge in [-0.25, -0.2) is 14.4 Å². The van der Waals surface area contributed by atoms with Gasteiger partial charge in [0.05, 0.1) is 18.3 Å². The summed E-state index contributed by atoms with van der Waals surface area (Å²) in [6.45, 7) is 2.23. The van der Waals surface area contributed by atoms with Gasteiger partial charge in [0.15, 0.2) is 6.39 Å². The molecule has 0 aromatic carbocycles. The van der Waals surface area contributed by atoms with E-state index in [0.29, 0.717) is 30.4 Å². The molecule has 2 atom stereocenters. The van der Waals surface area contributed by atoms with E-state index in [-0.39, 0.29) is 24.3 Å². The number of rotatable bonds is 5. The minimum absolute atomic E-state index is 0.179. The smallest absolute Gasteiger partial charge is 0.289 e. The molecule has 1 amide bonds. The molecule has 1 fully saturated rings. The lowest BCUT2D eigenvalue weighted by atomic mass is 10.2. The van der Waals surface area contributed by atoms with Gasteiger partial charge >= 0.3 is 0 Å². The number of nitrogens with zero attached hydrogens (tertiary/aromatic N) is 5. The number of carbonyl (C=O) groups is 1. The first-order valence-electron chi connectivity index (χ1n) is 8.05. The Morgan fingerprint density at radius 1 is 1.48 bits per heavy atom. The van der Waals surface area contributed by atoms with Crippen LogP contribution in [0, 0.1) is 6.92 Å². The molecule has 1 aliphatic heterocycles. The molecule has 134 valence electrons. The number of aryl methyl sites for hydroxylation is 1. The number of aromatic nitrogens is 3. The Morgan fingerprint density at radius 3 is 2.96 bits per heavy atom. The average Bonchev–Trinajstić information content (AvgIpc) is 3.18. The summed E-state index contributed by atoms with van der Waals surface area (Å²) in [5, 5.41) is 2.79. The van der Waals surface area contributed by atoms with Crippen molar-refractivity contribution in [1.82, 2.24) is 20.3 Å². The van der Waals surface area contributed by atoms with Gasteiger partial charge in [0.1, 0.15) is 12.0 Å². The molecule has 0 spiro atoms. The van der Waals surface area contributed by atoms with Crippen molar-refractivity contribution in [3.05, 3.63) is 30.1 Å². The van der Waals surface area contributed by atoms with Gasteiger partial charge in [-0.3, -0.25) is 4.79 Å². The normalized spacial score (nSPS) is 19.9. The molecule has 0 aliphatic carbocycles. The Labute approximate surface area is 145 Å². The van der Waals surface area contributed by atoms with Crippen molar-refractivity contribution in [3.8, 4) is 0 Å². The van der Waals surface area contributed by atoms with Gasteiger partial charge in [0.2, 0.25) is 11.7 Å². The summed E-state index contributed by atoms with van der Waals surface area (Å²) in [6.07, 6.45) is 2.24. The predicted molar refractivity (Wildman–Crippen MR) is 90.6 cm³/mol. The Kier molecular flexibility index (Phi) is 4.82. The summed E-state index contributed by atoms with van der Waals surface area (Å²) in [4.78, 5) is 28.4. The molecule has 0 saturated carbocycles. The van der Waals surface area contributed by atoms with Gasteiger partial charge in [0.25, 0.3) is 5.91 Å². The summed E-state index contributed by atoms with van der Waals surface area (Å²) in [5.41, 5.74) is 0.524. The second kappa shape index (κ2) is 7.04. The number of carbonyl (C=O) groups excluding carboxylic acids is 1. The van der Waals surface area contributed by atoms with Crippen LogP contribution in [-0.4, -0.2) is 60.3 Å². The summed E-state index contributed by atoms with van der Waals surface area (Å²) in [7, 11) is 3.69. The van der Waals surface area contributed by atoms with Crippen molar-refractivity contribution in [2.45, 2.75) is 25.6 Å². The summed E-state index contributed by atoms with van der Waals surface area (Å²) in [5.74, 6) is 1.03. The van der Waals surface area contributed by atoms with E-state index in [0.717, 1.165) is 0 Å². The van der Waals surface area contributed by atoms with E-state index in [4.69, 9.17) is 4.42 Å². The van der Waals surface area contributed by atoms with Crippen LogP contribution in [0.2, 0.25) is 0 Å². The van der Waals surface area contributed by atoms with E-state index in [1.807, 2.05) is 19.0 Å². The fourth-order valence-corrected chi connectivity index (χ4v) is 2.86. The van der Waals surface area contributed by atoms with Crippen molar-refractivity contribution < 1.29 is 13.6 Å². The molecule has 25 heavy (non-hydrogen) atoms. The SMILES string of the molecule is Cc1ncoc1C(=O)NC[C@@H]1C[C@H](F)CN1c1ccnc(N(C)C)n1. The number of hydrogen-bond donors (Lipinski definition) is 1. The molecular weight excluding hydrogens is 327 g/mol. The van der Waals surface area contributed by atoms with Gasteiger partial charge in [0, 0.05) is 33.3 Å². The fraction of sp³-hybridized carbons (Fsp3) is 0.500. The van der Waals surface area contributed by atoms with E-state index >= 15 is 0 Å². The molecule has 9 heteroatoms. The highest BCUT2D eigenvalue weighted by Gasteiger charge is 2.33. The van der Waals surface area contributed by atoms with Gasteiger partial charge in [-0.1, -0.05) is 0 Å². The molecule has 0 bridgehead atoms. The topological polar surface area (TPSA) is 87.4 Å². The fourth-order valence-electron chi connectivity index (χ4n) is 2.86. The van der Waals surface area contributed by atoms with Crippen molar-refractivity contribution >= 4 is 17.7 Å². The minimum atomic E-state index is -0.966.